The van der Waals surface area contributed by atoms with Crippen molar-refractivity contribution in [1.29, 1.82) is 0 Å². The molecule has 5 heteroatoms. The van der Waals surface area contributed by atoms with Crippen molar-refractivity contribution in [3.8, 4) is 5.75 Å². The van der Waals surface area contributed by atoms with Gasteiger partial charge in [0, 0.05) is 10.0 Å². The van der Waals surface area contributed by atoms with Gasteiger partial charge < -0.3 is 10.1 Å². The molecule has 2 rings (SSSR count). The second-order valence-corrected chi connectivity index (χ2v) is 5.14. The van der Waals surface area contributed by atoms with Gasteiger partial charge in [0.05, 0.1) is 12.8 Å². The topological polar surface area (TPSA) is 38.3 Å². The van der Waals surface area contributed by atoms with Crippen molar-refractivity contribution in [2.45, 2.75) is 6.92 Å². The standard InChI is InChI=1S/C15H13BrFNO2/c1-9-3-5-13(11(16)7-9)18-15(19)10-4-6-14(20-2)12(17)8-10/h3-8H,1-2H3,(H,18,19). The van der Waals surface area contributed by atoms with E-state index in [0.717, 1.165) is 16.1 Å². The average Bonchev–Trinajstić information content (AvgIpc) is 2.41. The first kappa shape index (κ1) is 14.5. The van der Waals surface area contributed by atoms with E-state index >= 15 is 0 Å². The third-order valence-corrected chi connectivity index (χ3v) is 3.44. The van der Waals surface area contributed by atoms with Crippen molar-refractivity contribution in [2.24, 2.45) is 0 Å². The van der Waals surface area contributed by atoms with Crippen LogP contribution in [-0.4, -0.2) is 13.0 Å². The van der Waals surface area contributed by atoms with E-state index in [0.29, 0.717) is 5.69 Å². The molecule has 0 saturated carbocycles. The van der Waals surface area contributed by atoms with Gasteiger partial charge in [-0.05, 0) is 58.7 Å². The molecule has 0 atom stereocenters. The molecule has 3 nitrogen and oxygen atoms in total. The highest BCUT2D eigenvalue weighted by Crippen LogP contribution is 2.24. The Bertz CT molecular complexity index is 658. The molecule has 2 aromatic rings. The zero-order valence-corrected chi connectivity index (χ0v) is 12.6. The van der Waals surface area contributed by atoms with E-state index in [1.54, 1.807) is 6.07 Å². The SMILES string of the molecule is COc1ccc(C(=O)Nc2ccc(C)cc2Br)cc1F. The molecule has 0 bridgehead atoms. The zero-order chi connectivity index (χ0) is 14.7. The molecule has 0 fully saturated rings. The van der Waals surface area contributed by atoms with Crippen LogP contribution in [0.2, 0.25) is 0 Å². The molecule has 104 valence electrons. The third kappa shape index (κ3) is 3.17. The lowest BCUT2D eigenvalue weighted by molar-refractivity contribution is 0.102. The molecule has 0 aliphatic rings. The van der Waals surface area contributed by atoms with Crippen LogP contribution >= 0.6 is 15.9 Å². The maximum Gasteiger partial charge on any atom is 0.255 e. The lowest BCUT2D eigenvalue weighted by atomic mass is 10.2. The van der Waals surface area contributed by atoms with Crippen molar-refractivity contribution < 1.29 is 13.9 Å². The van der Waals surface area contributed by atoms with E-state index in [9.17, 15) is 9.18 Å². The Hall–Kier alpha value is -1.88. The number of methoxy groups -OCH3 is 1. The summed E-state index contributed by atoms with van der Waals surface area (Å²) in [6.07, 6.45) is 0. The quantitative estimate of drug-likeness (QED) is 0.913. The number of halogens is 2. The number of amides is 1. The summed E-state index contributed by atoms with van der Waals surface area (Å²) in [5.41, 5.74) is 1.94. The summed E-state index contributed by atoms with van der Waals surface area (Å²) < 4.78 is 19.2. The fourth-order valence-corrected chi connectivity index (χ4v) is 2.32. The lowest BCUT2D eigenvalue weighted by Gasteiger charge is -2.09. The first-order chi connectivity index (χ1) is 9.51. The molecule has 0 spiro atoms. The molecule has 0 saturated heterocycles. The van der Waals surface area contributed by atoms with Crippen LogP contribution in [0.5, 0.6) is 5.75 Å². The summed E-state index contributed by atoms with van der Waals surface area (Å²) in [4.78, 5) is 12.1. The lowest BCUT2D eigenvalue weighted by Crippen LogP contribution is -2.12. The van der Waals surface area contributed by atoms with E-state index in [-0.39, 0.29) is 17.2 Å². The Morgan fingerprint density at radius 3 is 2.60 bits per heavy atom. The van der Waals surface area contributed by atoms with Crippen molar-refractivity contribution in [3.05, 3.63) is 57.8 Å². The second kappa shape index (κ2) is 6.05. The van der Waals surface area contributed by atoms with Crippen LogP contribution in [0.4, 0.5) is 10.1 Å². The second-order valence-electron chi connectivity index (χ2n) is 4.29. The van der Waals surface area contributed by atoms with Gasteiger partial charge in [0.15, 0.2) is 11.6 Å². The maximum atomic E-state index is 13.6. The minimum atomic E-state index is -0.567. The molecule has 0 radical (unpaired) electrons. The number of carbonyl (C=O) groups is 1. The number of ether oxygens (including phenoxy) is 1. The minimum Gasteiger partial charge on any atom is -0.494 e. The number of hydrogen-bond donors (Lipinski definition) is 1. The van der Waals surface area contributed by atoms with Crippen molar-refractivity contribution in [3.63, 3.8) is 0 Å². The molecule has 0 aliphatic carbocycles. The normalized spacial score (nSPS) is 10.2. The monoisotopic (exact) mass is 337 g/mol. The van der Waals surface area contributed by atoms with E-state index in [4.69, 9.17) is 4.74 Å². The van der Waals surface area contributed by atoms with Gasteiger partial charge in [-0.25, -0.2) is 4.39 Å². The summed E-state index contributed by atoms with van der Waals surface area (Å²) in [7, 11) is 1.38. The number of nitrogens with one attached hydrogen (secondary N) is 1. The van der Waals surface area contributed by atoms with Crippen LogP contribution in [0.25, 0.3) is 0 Å². The minimum absolute atomic E-state index is 0.109. The van der Waals surface area contributed by atoms with E-state index < -0.39 is 5.82 Å². The van der Waals surface area contributed by atoms with E-state index in [1.165, 1.54) is 19.2 Å². The highest BCUT2D eigenvalue weighted by atomic mass is 79.9. The van der Waals surface area contributed by atoms with E-state index in [2.05, 4.69) is 21.2 Å². The van der Waals surface area contributed by atoms with E-state index in [1.807, 2.05) is 19.1 Å². The summed E-state index contributed by atoms with van der Waals surface area (Å²) in [6, 6.07) is 9.65. The van der Waals surface area contributed by atoms with Crippen LogP contribution < -0.4 is 10.1 Å². The zero-order valence-electron chi connectivity index (χ0n) is 11.0. The van der Waals surface area contributed by atoms with Crippen LogP contribution in [-0.2, 0) is 0 Å². The van der Waals surface area contributed by atoms with Gasteiger partial charge in [-0.1, -0.05) is 6.07 Å². The van der Waals surface area contributed by atoms with Crippen molar-refractivity contribution >= 4 is 27.5 Å². The van der Waals surface area contributed by atoms with Crippen molar-refractivity contribution in [2.75, 3.05) is 12.4 Å². The Balaban J connectivity index is 2.21. The number of hydrogen-bond acceptors (Lipinski definition) is 2. The third-order valence-electron chi connectivity index (χ3n) is 2.79. The molecule has 0 unspecified atom stereocenters. The summed E-state index contributed by atoms with van der Waals surface area (Å²) in [6.45, 7) is 1.95. The van der Waals surface area contributed by atoms with Gasteiger partial charge in [0.1, 0.15) is 0 Å². The average molecular weight is 338 g/mol. The Morgan fingerprint density at radius 1 is 1.25 bits per heavy atom. The summed E-state index contributed by atoms with van der Waals surface area (Å²) in [5.74, 6) is -0.836. The highest BCUT2D eigenvalue weighted by Gasteiger charge is 2.11. The van der Waals surface area contributed by atoms with Gasteiger partial charge in [-0.15, -0.1) is 0 Å². The Kier molecular flexibility index (Phi) is 4.39. The predicted molar refractivity (Wildman–Crippen MR) is 79.8 cm³/mol. The van der Waals surface area contributed by atoms with Gasteiger partial charge in [0.2, 0.25) is 0 Å². The molecular formula is C15H13BrFNO2. The maximum absolute atomic E-state index is 13.6. The Labute approximate surface area is 124 Å². The van der Waals surface area contributed by atoms with Crippen LogP contribution in [0.3, 0.4) is 0 Å². The smallest absolute Gasteiger partial charge is 0.255 e. The fourth-order valence-electron chi connectivity index (χ4n) is 1.72. The number of carbonyl (C=O) groups excluding carboxylic acids is 1. The first-order valence-corrected chi connectivity index (χ1v) is 6.71. The molecule has 2 aromatic carbocycles. The predicted octanol–water partition coefficient (Wildman–Crippen LogP) is 4.16. The van der Waals surface area contributed by atoms with Crippen LogP contribution in [0.1, 0.15) is 15.9 Å². The number of aryl methyl sites for hydroxylation is 1. The van der Waals surface area contributed by atoms with Crippen molar-refractivity contribution in [1.82, 2.24) is 0 Å². The van der Waals surface area contributed by atoms with Gasteiger partial charge in [-0.2, -0.15) is 0 Å². The molecule has 0 heterocycles. The fraction of sp³-hybridized carbons (Fsp3) is 0.133. The van der Waals surface area contributed by atoms with Gasteiger partial charge in [0.25, 0.3) is 5.91 Å². The molecule has 0 aliphatic heterocycles. The highest BCUT2D eigenvalue weighted by molar-refractivity contribution is 9.10. The molecule has 0 aromatic heterocycles. The first-order valence-electron chi connectivity index (χ1n) is 5.92. The van der Waals surface area contributed by atoms with Crippen LogP contribution in [0.15, 0.2) is 40.9 Å². The number of rotatable bonds is 3. The molecule has 20 heavy (non-hydrogen) atoms. The number of anilines is 1. The number of benzene rings is 2. The molecule has 1 N–H and O–H groups in total. The summed E-state index contributed by atoms with van der Waals surface area (Å²) >= 11 is 3.38. The molecular weight excluding hydrogens is 325 g/mol. The van der Waals surface area contributed by atoms with Gasteiger partial charge >= 0.3 is 0 Å². The van der Waals surface area contributed by atoms with Crippen LogP contribution in [0, 0.1) is 12.7 Å². The summed E-state index contributed by atoms with van der Waals surface area (Å²) in [5, 5.41) is 2.73. The Morgan fingerprint density at radius 2 is 2.00 bits per heavy atom. The molecule has 1 amide bonds. The van der Waals surface area contributed by atoms with Gasteiger partial charge in [-0.3, -0.25) is 4.79 Å². The largest absolute Gasteiger partial charge is 0.494 e.